The average molecular weight is 339 g/mol. The molecule has 0 fully saturated rings. The second-order valence-electron chi connectivity index (χ2n) is 6.17. The van der Waals surface area contributed by atoms with Gasteiger partial charge in [0, 0.05) is 18.8 Å². The van der Waals surface area contributed by atoms with Crippen molar-refractivity contribution in [3.63, 3.8) is 0 Å². The van der Waals surface area contributed by atoms with E-state index in [1.165, 1.54) is 29.6 Å². The zero-order valence-corrected chi connectivity index (χ0v) is 14.8. The van der Waals surface area contributed by atoms with E-state index >= 15 is 0 Å². The summed E-state index contributed by atoms with van der Waals surface area (Å²) in [6.45, 7) is 0. The lowest BCUT2D eigenvalue weighted by atomic mass is 10.1. The highest BCUT2D eigenvalue weighted by atomic mass is 32.2. The van der Waals surface area contributed by atoms with Gasteiger partial charge in [-0.1, -0.05) is 30.3 Å². The van der Waals surface area contributed by atoms with Gasteiger partial charge in [0.05, 0.1) is 29.1 Å². The van der Waals surface area contributed by atoms with Gasteiger partial charge in [-0.25, -0.2) is 4.98 Å². The summed E-state index contributed by atoms with van der Waals surface area (Å²) in [4.78, 5) is 9.53. The number of nitrogens with zero attached hydrogens (tertiary/aromatic N) is 3. The van der Waals surface area contributed by atoms with Crippen LogP contribution in [0.4, 0.5) is 0 Å². The molecule has 1 aliphatic rings. The summed E-state index contributed by atoms with van der Waals surface area (Å²) in [5, 5.41) is 1.38. The normalized spacial score (nSPS) is 17.5. The number of hydrogen-bond acceptors (Lipinski definition) is 4. The van der Waals surface area contributed by atoms with E-state index in [1.54, 1.807) is 7.11 Å². The Balaban J connectivity index is 1.73. The fourth-order valence-corrected chi connectivity index (χ4v) is 4.71. The fourth-order valence-electron chi connectivity index (χ4n) is 3.45. The Morgan fingerprint density at radius 1 is 1.21 bits per heavy atom. The Labute approximate surface area is 146 Å². The van der Waals surface area contributed by atoms with Crippen molar-refractivity contribution in [3.8, 4) is 5.75 Å². The van der Waals surface area contributed by atoms with Crippen LogP contribution in [0.25, 0.3) is 11.0 Å². The summed E-state index contributed by atoms with van der Waals surface area (Å²) in [7, 11) is 3.84. The maximum absolute atomic E-state index is 5.57. The fraction of sp³-hybridized carbons (Fsp3) is 0.368. The second-order valence-corrected chi connectivity index (χ2v) is 7.34. The molecule has 4 rings (SSSR count). The molecule has 3 aromatic rings. The van der Waals surface area contributed by atoms with Crippen molar-refractivity contribution in [1.29, 1.82) is 0 Å². The molecule has 0 radical (unpaired) electrons. The number of para-hydroxylation sites is 2. The van der Waals surface area contributed by atoms with Crippen LogP contribution in [0, 0.1) is 0 Å². The van der Waals surface area contributed by atoms with Crippen molar-refractivity contribution in [3.05, 3.63) is 47.8 Å². The summed E-state index contributed by atoms with van der Waals surface area (Å²) >= 11 is 1.83. The van der Waals surface area contributed by atoms with Crippen molar-refractivity contribution in [1.82, 2.24) is 14.5 Å². The summed E-state index contributed by atoms with van der Waals surface area (Å²) in [5.74, 6) is 0.970. The Hall–Kier alpha value is -2.01. The van der Waals surface area contributed by atoms with E-state index in [0.29, 0.717) is 5.25 Å². The van der Waals surface area contributed by atoms with Gasteiger partial charge in [0.25, 0.3) is 0 Å². The first-order chi connectivity index (χ1) is 11.8. The van der Waals surface area contributed by atoms with Crippen LogP contribution in [0.3, 0.4) is 0 Å². The first-order valence-corrected chi connectivity index (χ1v) is 9.26. The number of hydrogen-bond donors (Lipinski definition) is 0. The Morgan fingerprint density at radius 3 is 2.92 bits per heavy atom. The zero-order chi connectivity index (χ0) is 16.5. The minimum Gasteiger partial charge on any atom is -0.496 e. The lowest BCUT2D eigenvalue weighted by Crippen LogP contribution is -2.03. The van der Waals surface area contributed by atoms with Crippen molar-refractivity contribution in [2.45, 2.75) is 36.1 Å². The molecule has 0 aliphatic heterocycles. The number of benzene rings is 1. The van der Waals surface area contributed by atoms with Crippen molar-refractivity contribution < 1.29 is 4.74 Å². The van der Waals surface area contributed by atoms with E-state index in [-0.39, 0.29) is 0 Å². The van der Waals surface area contributed by atoms with Crippen molar-refractivity contribution in [2.75, 3.05) is 7.11 Å². The maximum Gasteiger partial charge on any atom is 0.169 e. The molecular weight excluding hydrogens is 318 g/mol. The smallest absolute Gasteiger partial charge is 0.169 e. The number of imidazole rings is 1. The van der Waals surface area contributed by atoms with E-state index < -0.39 is 0 Å². The van der Waals surface area contributed by atoms with Crippen LogP contribution in [0.2, 0.25) is 0 Å². The van der Waals surface area contributed by atoms with Gasteiger partial charge in [0.2, 0.25) is 0 Å². The maximum atomic E-state index is 5.57. The molecule has 0 saturated carbocycles. The lowest BCUT2D eigenvalue weighted by Gasteiger charge is -2.17. The molecule has 0 amide bonds. The van der Waals surface area contributed by atoms with Gasteiger partial charge in [-0.3, -0.25) is 4.98 Å². The van der Waals surface area contributed by atoms with E-state index in [2.05, 4.69) is 29.8 Å². The standard InChI is InChI=1S/C19H21N3OS/c1-22-15-9-5-4-8-14(15)21-19(22)24-17-10-6-3-7-13-16(23-2)11-12-20-18(13)17/h4-5,8-9,11-12,17H,3,6-7,10H2,1-2H3/t17-/m1/s1. The molecule has 124 valence electrons. The third-order valence-corrected chi connectivity index (χ3v) is 6.03. The van der Waals surface area contributed by atoms with Crippen molar-refractivity contribution >= 4 is 22.8 Å². The number of fused-ring (bicyclic) bond motifs is 2. The van der Waals surface area contributed by atoms with Gasteiger partial charge >= 0.3 is 0 Å². The van der Waals surface area contributed by atoms with E-state index in [4.69, 9.17) is 14.7 Å². The number of ether oxygens (including phenoxy) is 1. The number of methoxy groups -OCH3 is 1. The van der Waals surface area contributed by atoms with Gasteiger partial charge in [-0.05, 0) is 37.5 Å². The molecule has 2 aromatic heterocycles. The molecule has 5 heteroatoms. The molecule has 4 nitrogen and oxygen atoms in total. The topological polar surface area (TPSA) is 39.9 Å². The second kappa shape index (κ2) is 6.48. The predicted molar refractivity (Wildman–Crippen MR) is 97.7 cm³/mol. The average Bonchev–Trinajstić information content (AvgIpc) is 2.79. The number of aromatic nitrogens is 3. The predicted octanol–water partition coefficient (Wildman–Crippen LogP) is 4.54. The van der Waals surface area contributed by atoms with Gasteiger partial charge in [-0.15, -0.1) is 0 Å². The van der Waals surface area contributed by atoms with Gasteiger partial charge in [0.1, 0.15) is 5.75 Å². The van der Waals surface area contributed by atoms with Crippen LogP contribution in [-0.2, 0) is 13.5 Å². The Kier molecular flexibility index (Phi) is 4.19. The molecule has 24 heavy (non-hydrogen) atoms. The quantitative estimate of drug-likeness (QED) is 0.657. The molecule has 2 heterocycles. The summed E-state index contributed by atoms with van der Waals surface area (Å²) in [6.07, 6.45) is 6.44. The largest absolute Gasteiger partial charge is 0.496 e. The first-order valence-electron chi connectivity index (χ1n) is 8.38. The molecule has 1 aromatic carbocycles. The molecule has 0 spiro atoms. The minimum absolute atomic E-state index is 0.327. The number of rotatable bonds is 3. The lowest BCUT2D eigenvalue weighted by molar-refractivity contribution is 0.408. The summed E-state index contributed by atoms with van der Waals surface area (Å²) < 4.78 is 7.75. The highest BCUT2D eigenvalue weighted by Crippen LogP contribution is 2.43. The SMILES string of the molecule is COc1ccnc2c1CCCC[C@H]2Sc1nc2ccccc2n1C. The molecule has 0 bridgehead atoms. The molecule has 1 atom stereocenters. The number of thioether (sulfide) groups is 1. The molecule has 0 N–H and O–H groups in total. The molecule has 0 unspecified atom stereocenters. The molecular formula is C19H21N3OS. The Morgan fingerprint density at radius 2 is 2.08 bits per heavy atom. The van der Waals surface area contributed by atoms with Crippen LogP contribution in [-0.4, -0.2) is 21.6 Å². The minimum atomic E-state index is 0.327. The summed E-state index contributed by atoms with van der Waals surface area (Å²) in [5.41, 5.74) is 4.67. The monoisotopic (exact) mass is 339 g/mol. The number of pyridine rings is 1. The van der Waals surface area contributed by atoms with E-state index in [0.717, 1.165) is 29.3 Å². The van der Waals surface area contributed by atoms with Crippen LogP contribution in [0.1, 0.15) is 35.8 Å². The van der Waals surface area contributed by atoms with E-state index in [1.807, 2.05) is 30.1 Å². The van der Waals surface area contributed by atoms with E-state index in [9.17, 15) is 0 Å². The van der Waals surface area contributed by atoms with Crippen LogP contribution in [0.15, 0.2) is 41.7 Å². The van der Waals surface area contributed by atoms with Gasteiger partial charge < -0.3 is 9.30 Å². The zero-order valence-electron chi connectivity index (χ0n) is 14.0. The van der Waals surface area contributed by atoms with Crippen LogP contribution in [0.5, 0.6) is 5.75 Å². The van der Waals surface area contributed by atoms with Crippen molar-refractivity contribution in [2.24, 2.45) is 7.05 Å². The van der Waals surface area contributed by atoms with Crippen LogP contribution >= 0.6 is 11.8 Å². The third-order valence-electron chi connectivity index (χ3n) is 4.71. The highest BCUT2D eigenvalue weighted by molar-refractivity contribution is 7.99. The third kappa shape index (κ3) is 2.67. The number of aryl methyl sites for hydroxylation is 1. The van der Waals surface area contributed by atoms with Gasteiger partial charge in [0.15, 0.2) is 5.16 Å². The summed E-state index contributed by atoms with van der Waals surface area (Å²) in [6, 6.07) is 10.3. The molecule has 1 aliphatic carbocycles. The molecule has 0 saturated heterocycles. The first kappa shape index (κ1) is 15.5. The Bertz CT molecular complexity index is 874. The van der Waals surface area contributed by atoms with Crippen LogP contribution < -0.4 is 4.74 Å². The highest BCUT2D eigenvalue weighted by Gasteiger charge is 2.25. The van der Waals surface area contributed by atoms with Gasteiger partial charge in [-0.2, -0.15) is 0 Å².